The minimum Gasteiger partial charge on any atom is -0.385 e. The third-order valence-corrected chi connectivity index (χ3v) is 3.51. The Morgan fingerprint density at radius 3 is 2.58 bits per heavy atom. The molecule has 19 heavy (non-hydrogen) atoms. The second kappa shape index (κ2) is 6.41. The van der Waals surface area contributed by atoms with Crippen LogP contribution in [0.3, 0.4) is 0 Å². The quantitative estimate of drug-likeness (QED) is 0.841. The summed E-state index contributed by atoms with van der Waals surface area (Å²) in [5, 5.41) is 3.45. The summed E-state index contributed by atoms with van der Waals surface area (Å²) in [6, 6.07) is 7.72. The van der Waals surface area contributed by atoms with Gasteiger partial charge in [0.1, 0.15) is 0 Å². The first-order chi connectivity index (χ1) is 9.16. The van der Waals surface area contributed by atoms with E-state index in [9.17, 15) is 4.79 Å². The molecule has 102 valence electrons. The summed E-state index contributed by atoms with van der Waals surface area (Å²) in [5.74, 6) is 0.775. The van der Waals surface area contributed by atoms with Crippen LogP contribution in [0.1, 0.15) is 29.6 Å². The number of benzene rings is 1. The average molecular weight is 258 g/mol. The Kier molecular flexibility index (Phi) is 4.61. The van der Waals surface area contributed by atoms with Crippen molar-refractivity contribution in [2.45, 2.75) is 19.3 Å². The van der Waals surface area contributed by atoms with Crippen molar-refractivity contribution in [2.75, 3.05) is 26.0 Å². The normalized spacial score (nSPS) is 18.1. The highest BCUT2D eigenvalue weighted by atomic mass is 16.2. The molecule has 1 aliphatic carbocycles. The van der Waals surface area contributed by atoms with Crippen LogP contribution >= 0.6 is 0 Å². The zero-order valence-corrected chi connectivity index (χ0v) is 11.7. The van der Waals surface area contributed by atoms with Crippen molar-refractivity contribution >= 4 is 11.6 Å². The third kappa shape index (κ3) is 3.85. The van der Waals surface area contributed by atoms with Crippen molar-refractivity contribution in [3.63, 3.8) is 0 Å². The van der Waals surface area contributed by atoms with Crippen molar-refractivity contribution < 1.29 is 4.79 Å². The Morgan fingerprint density at radius 1 is 1.26 bits per heavy atom. The second-order valence-electron chi connectivity index (χ2n) is 5.31. The second-order valence-corrected chi connectivity index (χ2v) is 5.31. The van der Waals surface area contributed by atoms with E-state index in [1.54, 1.807) is 19.0 Å². The topological polar surface area (TPSA) is 32.3 Å². The summed E-state index contributed by atoms with van der Waals surface area (Å²) in [4.78, 5) is 13.4. The zero-order chi connectivity index (χ0) is 13.7. The van der Waals surface area contributed by atoms with Gasteiger partial charge < -0.3 is 10.2 Å². The van der Waals surface area contributed by atoms with Crippen molar-refractivity contribution in [3.8, 4) is 0 Å². The number of rotatable bonds is 4. The van der Waals surface area contributed by atoms with E-state index in [-0.39, 0.29) is 5.91 Å². The first kappa shape index (κ1) is 13.7. The Labute approximate surface area is 115 Å². The number of carbonyl (C=O) groups excluding carboxylic acids is 1. The fourth-order valence-corrected chi connectivity index (χ4v) is 2.29. The lowest BCUT2D eigenvalue weighted by Gasteiger charge is -2.19. The standard InChI is InChI=1S/C16H22N2O/c1-18(2)16(19)14-8-10-15(11-9-14)17-12-13-6-4-3-5-7-13/h3-4,8-11,13,17H,5-7,12H2,1-2H3. The van der Waals surface area contributed by atoms with Crippen LogP contribution in [0.2, 0.25) is 0 Å². The summed E-state index contributed by atoms with van der Waals surface area (Å²) in [6.07, 6.45) is 8.17. The molecule has 0 radical (unpaired) electrons. The molecule has 0 spiro atoms. The molecule has 1 N–H and O–H groups in total. The number of allylic oxidation sites excluding steroid dienone is 2. The predicted octanol–water partition coefficient (Wildman–Crippen LogP) is 3.16. The van der Waals surface area contributed by atoms with Gasteiger partial charge in [0.15, 0.2) is 0 Å². The van der Waals surface area contributed by atoms with Gasteiger partial charge in [-0.2, -0.15) is 0 Å². The number of amides is 1. The number of hydrogen-bond acceptors (Lipinski definition) is 2. The van der Waals surface area contributed by atoms with Crippen molar-refractivity contribution in [3.05, 3.63) is 42.0 Å². The van der Waals surface area contributed by atoms with Crippen LogP contribution in [0.15, 0.2) is 36.4 Å². The Hall–Kier alpha value is -1.77. The Morgan fingerprint density at radius 2 is 2.00 bits per heavy atom. The van der Waals surface area contributed by atoms with Crippen LogP contribution in [0.5, 0.6) is 0 Å². The highest BCUT2D eigenvalue weighted by Gasteiger charge is 2.10. The Bertz CT molecular complexity index is 448. The molecule has 3 heteroatoms. The van der Waals surface area contributed by atoms with Gasteiger partial charge in [-0.15, -0.1) is 0 Å². The Balaban J connectivity index is 1.88. The lowest BCUT2D eigenvalue weighted by atomic mass is 9.94. The van der Waals surface area contributed by atoms with Crippen LogP contribution in [0.25, 0.3) is 0 Å². The van der Waals surface area contributed by atoms with Gasteiger partial charge in [0.05, 0.1) is 0 Å². The van der Waals surface area contributed by atoms with Gasteiger partial charge in [-0.25, -0.2) is 0 Å². The first-order valence-electron chi connectivity index (χ1n) is 6.87. The molecule has 1 unspecified atom stereocenters. The maximum atomic E-state index is 11.8. The van der Waals surface area contributed by atoms with E-state index in [2.05, 4.69) is 17.5 Å². The smallest absolute Gasteiger partial charge is 0.253 e. The van der Waals surface area contributed by atoms with Gasteiger partial charge in [-0.05, 0) is 49.4 Å². The van der Waals surface area contributed by atoms with E-state index in [1.165, 1.54) is 19.3 Å². The van der Waals surface area contributed by atoms with Gasteiger partial charge in [0.2, 0.25) is 0 Å². The van der Waals surface area contributed by atoms with E-state index >= 15 is 0 Å². The minimum atomic E-state index is 0.0453. The maximum Gasteiger partial charge on any atom is 0.253 e. The fraction of sp³-hybridized carbons (Fsp3) is 0.438. The van der Waals surface area contributed by atoms with E-state index in [0.717, 1.165) is 23.7 Å². The summed E-state index contributed by atoms with van der Waals surface area (Å²) in [6.45, 7) is 1.01. The summed E-state index contributed by atoms with van der Waals surface area (Å²) >= 11 is 0. The molecule has 1 aromatic rings. The highest BCUT2D eigenvalue weighted by Crippen LogP contribution is 2.19. The minimum absolute atomic E-state index is 0.0453. The molecule has 0 aliphatic heterocycles. The number of nitrogens with one attached hydrogen (secondary N) is 1. The highest BCUT2D eigenvalue weighted by molar-refractivity contribution is 5.94. The van der Waals surface area contributed by atoms with Crippen LogP contribution in [-0.2, 0) is 0 Å². The van der Waals surface area contributed by atoms with E-state index in [1.807, 2.05) is 24.3 Å². The van der Waals surface area contributed by atoms with Gasteiger partial charge in [-0.3, -0.25) is 4.79 Å². The number of hydrogen-bond donors (Lipinski definition) is 1. The lowest BCUT2D eigenvalue weighted by Crippen LogP contribution is -2.21. The predicted molar refractivity (Wildman–Crippen MR) is 79.4 cm³/mol. The molecule has 0 bridgehead atoms. The summed E-state index contributed by atoms with van der Waals surface area (Å²) in [7, 11) is 3.54. The van der Waals surface area contributed by atoms with Gasteiger partial charge in [0, 0.05) is 31.9 Å². The van der Waals surface area contributed by atoms with Crippen LogP contribution in [0, 0.1) is 5.92 Å². The molecule has 1 atom stereocenters. The SMILES string of the molecule is CN(C)C(=O)c1ccc(NCC2CC=CCC2)cc1. The molecular weight excluding hydrogens is 236 g/mol. The van der Waals surface area contributed by atoms with Gasteiger partial charge >= 0.3 is 0 Å². The third-order valence-electron chi connectivity index (χ3n) is 3.51. The number of nitrogens with zero attached hydrogens (tertiary/aromatic N) is 1. The molecule has 2 rings (SSSR count). The maximum absolute atomic E-state index is 11.8. The van der Waals surface area contributed by atoms with E-state index in [0.29, 0.717) is 0 Å². The lowest BCUT2D eigenvalue weighted by molar-refractivity contribution is 0.0827. The van der Waals surface area contributed by atoms with Gasteiger partial charge in [0.25, 0.3) is 5.91 Å². The van der Waals surface area contributed by atoms with Crippen molar-refractivity contribution in [1.29, 1.82) is 0 Å². The molecule has 0 heterocycles. The van der Waals surface area contributed by atoms with E-state index < -0.39 is 0 Å². The molecule has 0 fully saturated rings. The van der Waals surface area contributed by atoms with Crippen molar-refractivity contribution in [2.24, 2.45) is 5.92 Å². The average Bonchev–Trinajstić information content (AvgIpc) is 2.46. The molecule has 0 saturated heterocycles. The number of carbonyl (C=O) groups is 1. The largest absolute Gasteiger partial charge is 0.385 e. The summed E-state index contributed by atoms with van der Waals surface area (Å²) < 4.78 is 0. The zero-order valence-electron chi connectivity index (χ0n) is 11.7. The van der Waals surface area contributed by atoms with Gasteiger partial charge in [-0.1, -0.05) is 12.2 Å². The van der Waals surface area contributed by atoms with Crippen LogP contribution in [0.4, 0.5) is 5.69 Å². The van der Waals surface area contributed by atoms with E-state index in [4.69, 9.17) is 0 Å². The van der Waals surface area contributed by atoms with Crippen molar-refractivity contribution in [1.82, 2.24) is 4.90 Å². The molecule has 1 aliphatic rings. The summed E-state index contributed by atoms with van der Waals surface area (Å²) in [5.41, 5.74) is 1.82. The fourth-order valence-electron chi connectivity index (χ4n) is 2.29. The molecule has 0 aromatic heterocycles. The van der Waals surface area contributed by atoms with Crippen LogP contribution < -0.4 is 5.32 Å². The molecule has 3 nitrogen and oxygen atoms in total. The molecular formula is C16H22N2O. The van der Waals surface area contributed by atoms with Crippen LogP contribution in [-0.4, -0.2) is 31.4 Å². The molecule has 1 aromatic carbocycles. The monoisotopic (exact) mass is 258 g/mol. The molecule has 1 amide bonds. The molecule has 0 saturated carbocycles. The first-order valence-corrected chi connectivity index (χ1v) is 6.87. The number of anilines is 1.